The lowest BCUT2D eigenvalue weighted by Gasteiger charge is -2.04. The van der Waals surface area contributed by atoms with Gasteiger partial charge in [0.05, 0.1) is 0 Å². The van der Waals surface area contributed by atoms with Crippen LogP contribution in [0.5, 0.6) is 0 Å². The van der Waals surface area contributed by atoms with Crippen LogP contribution in [0.3, 0.4) is 0 Å². The van der Waals surface area contributed by atoms with Gasteiger partial charge in [-0.15, -0.1) is 0 Å². The van der Waals surface area contributed by atoms with E-state index >= 15 is 0 Å². The van der Waals surface area contributed by atoms with Gasteiger partial charge < -0.3 is 16.0 Å². The van der Waals surface area contributed by atoms with Crippen molar-refractivity contribution in [3.05, 3.63) is 11.8 Å². The Hall–Kier alpha value is -0.830. The summed E-state index contributed by atoms with van der Waals surface area (Å²) in [6.07, 6.45) is 1.82. The Morgan fingerprint density at radius 1 is 1.36 bits per heavy atom. The molecule has 0 saturated carbocycles. The molecule has 3 nitrogen and oxygen atoms in total. The van der Waals surface area contributed by atoms with Gasteiger partial charge in [-0.2, -0.15) is 0 Å². The second kappa shape index (κ2) is 5.92. The first-order valence-electron chi connectivity index (χ1n) is 3.78. The van der Waals surface area contributed by atoms with Crippen molar-refractivity contribution in [2.45, 2.75) is 13.8 Å². The van der Waals surface area contributed by atoms with Gasteiger partial charge >= 0.3 is 0 Å². The summed E-state index contributed by atoms with van der Waals surface area (Å²) in [6.45, 7) is 5.59. The lowest BCUT2D eigenvalue weighted by atomic mass is 10.3. The normalized spacial score (nSPS) is 11.4. The first kappa shape index (κ1) is 10.2. The third-order valence-corrected chi connectivity index (χ3v) is 1.21. The van der Waals surface area contributed by atoms with Gasteiger partial charge in [0.15, 0.2) is 0 Å². The molecule has 0 spiro atoms. The molecule has 0 aliphatic heterocycles. The summed E-state index contributed by atoms with van der Waals surface area (Å²) in [7, 11) is 1.92. The predicted octanol–water partition coefficient (Wildman–Crippen LogP) is 0.739. The number of hydrogen-bond acceptors (Lipinski definition) is 3. The number of nitrogens with one attached hydrogen (secondary N) is 3. The van der Waals surface area contributed by atoms with Crippen LogP contribution >= 0.6 is 0 Å². The lowest BCUT2D eigenvalue weighted by molar-refractivity contribution is 0.718. The Morgan fingerprint density at radius 2 is 2.00 bits per heavy atom. The molecule has 64 valence electrons. The van der Waals surface area contributed by atoms with E-state index in [-0.39, 0.29) is 0 Å². The highest BCUT2D eigenvalue weighted by Crippen LogP contribution is 1.85. The molecule has 0 rings (SSSR count). The van der Waals surface area contributed by atoms with E-state index in [1.807, 2.05) is 20.0 Å². The van der Waals surface area contributed by atoms with Crippen LogP contribution in [0.1, 0.15) is 13.8 Å². The minimum atomic E-state index is 0.583. The molecular weight excluding hydrogens is 138 g/mol. The molecule has 0 aliphatic rings. The maximum absolute atomic E-state index is 7.17. The van der Waals surface area contributed by atoms with Crippen molar-refractivity contribution in [3.63, 3.8) is 0 Å². The molecular formula is C8H17N3. The monoisotopic (exact) mass is 155 g/mol. The maximum atomic E-state index is 7.17. The van der Waals surface area contributed by atoms with Gasteiger partial charge in [0.2, 0.25) is 0 Å². The third-order valence-electron chi connectivity index (χ3n) is 1.21. The fourth-order valence-electron chi connectivity index (χ4n) is 0.760. The Bertz CT molecular complexity index is 149. The van der Waals surface area contributed by atoms with Crippen LogP contribution in [0, 0.1) is 5.41 Å². The molecule has 0 amide bonds. The quantitative estimate of drug-likeness (QED) is 0.405. The summed E-state index contributed by atoms with van der Waals surface area (Å²) in [6, 6.07) is 0. The molecule has 0 aromatic rings. The second-order valence-electron chi connectivity index (χ2n) is 2.54. The molecule has 0 bridgehead atoms. The molecule has 3 heteroatoms. The summed E-state index contributed by atoms with van der Waals surface area (Å²) < 4.78 is 0. The molecule has 0 aliphatic carbocycles. The van der Waals surface area contributed by atoms with E-state index in [1.165, 1.54) is 0 Å². The topological polar surface area (TPSA) is 47.9 Å². The van der Waals surface area contributed by atoms with Crippen LogP contribution < -0.4 is 10.6 Å². The molecule has 0 saturated heterocycles. The van der Waals surface area contributed by atoms with Crippen molar-refractivity contribution in [1.29, 1.82) is 5.41 Å². The van der Waals surface area contributed by atoms with E-state index < -0.39 is 0 Å². The van der Waals surface area contributed by atoms with Gasteiger partial charge in [-0.1, -0.05) is 0 Å². The van der Waals surface area contributed by atoms with Crippen molar-refractivity contribution in [3.8, 4) is 0 Å². The fraction of sp³-hybridized carbons (Fsp3) is 0.625. The summed E-state index contributed by atoms with van der Waals surface area (Å²) in [5.41, 5.74) is 1.63. The molecule has 0 radical (unpaired) electrons. The van der Waals surface area contributed by atoms with E-state index in [0.29, 0.717) is 5.71 Å². The summed E-state index contributed by atoms with van der Waals surface area (Å²) in [4.78, 5) is 0. The predicted molar refractivity (Wildman–Crippen MR) is 49.1 cm³/mol. The Morgan fingerprint density at radius 3 is 2.45 bits per heavy atom. The van der Waals surface area contributed by atoms with Gasteiger partial charge in [-0.05, 0) is 27.0 Å². The Labute approximate surface area is 68.4 Å². The minimum Gasteiger partial charge on any atom is -0.387 e. The standard InChI is InChI=1S/C8H17N3/c1-7(9)6-8(2)11-5-4-10-3/h6,9-11H,4-5H2,1-3H3/b8-6-,9-7?. The Kier molecular flexibility index (Phi) is 5.47. The van der Waals surface area contributed by atoms with Crippen LogP contribution in [0.15, 0.2) is 11.8 Å². The smallest absolute Gasteiger partial charge is 0.0300 e. The lowest BCUT2D eigenvalue weighted by Crippen LogP contribution is -2.23. The van der Waals surface area contributed by atoms with Crippen LogP contribution in [-0.4, -0.2) is 25.8 Å². The first-order chi connectivity index (χ1) is 5.16. The van der Waals surface area contributed by atoms with Gasteiger partial charge in [0.25, 0.3) is 0 Å². The van der Waals surface area contributed by atoms with Crippen LogP contribution in [0.4, 0.5) is 0 Å². The van der Waals surface area contributed by atoms with Crippen molar-refractivity contribution >= 4 is 5.71 Å². The first-order valence-corrected chi connectivity index (χ1v) is 3.78. The van der Waals surface area contributed by atoms with E-state index in [4.69, 9.17) is 5.41 Å². The SMILES string of the molecule is CNCCN/C(C)=C\C(C)=N. The molecule has 0 fully saturated rings. The van der Waals surface area contributed by atoms with Gasteiger partial charge in [0, 0.05) is 24.5 Å². The maximum Gasteiger partial charge on any atom is 0.0300 e. The largest absolute Gasteiger partial charge is 0.387 e. The van der Waals surface area contributed by atoms with Crippen LogP contribution in [-0.2, 0) is 0 Å². The average Bonchev–Trinajstić information content (AvgIpc) is 1.86. The van der Waals surface area contributed by atoms with Crippen molar-refractivity contribution in [2.75, 3.05) is 20.1 Å². The zero-order chi connectivity index (χ0) is 8.69. The van der Waals surface area contributed by atoms with Crippen molar-refractivity contribution in [1.82, 2.24) is 10.6 Å². The Balaban J connectivity index is 3.51. The van der Waals surface area contributed by atoms with E-state index in [9.17, 15) is 0 Å². The number of likely N-dealkylation sites (N-methyl/N-ethyl adjacent to an activating group) is 1. The summed E-state index contributed by atoms with van der Waals surface area (Å²) in [5, 5.41) is 13.4. The molecule has 11 heavy (non-hydrogen) atoms. The molecule has 0 atom stereocenters. The van der Waals surface area contributed by atoms with E-state index in [2.05, 4.69) is 10.6 Å². The summed E-state index contributed by atoms with van der Waals surface area (Å²) >= 11 is 0. The number of allylic oxidation sites excluding steroid dienone is 2. The zero-order valence-corrected chi connectivity index (χ0v) is 7.49. The minimum absolute atomic E-state index is 0.583. The average molecular weight is 155 g/mol. The summed E-state index contributed by atoms with van der Waals surface area (Å²) in [5.74, 6) is 0. The highest BCUT2D eigenvalue weighted by atomic mass is 14.9. The van der Waals surface area contributed by atoms with Gasteiger partial charge in [-0.3, -0.25) is 0 Å². The van der Waals surface area contributed by atoms with E-state index in [1.54, 1.807) is 6.92 Å². The fourth-order valence-corrected chi connectivity index (χ4v) is 0.760. The number of rotatable bonds is 5. The van der Waals surface area contributed by atoms with Crippen LogP contribution in [0.25, 0.3) is 0 Å². The van der Waals surface area contributed by atoms with Gasteiger partial charge in [0.1, 0.15) is 0 Å². The highest BCUT2D eigenvalue weighted by Gasteiger charge is 1.86. The highest BCUT2D eigenvalue weighted by molar-refractivity contribution is 5.90. The molecule has 0 aromatic heterocycles. The molecule has 0 unspecified atom stereocenters. The second-order valence-corrected chi connectivity index (χ2v) is 2.54. The molecule has 3 N–H and O–H groups in total. The molecule has 0 aromatic carbocycles. The van der Waals surface area contributed by atoms with Crippen molar-refractivity contribution in [2.24, 2.45) is 0 Å². The van der Waals surface area contributed by atoms with E-state index in [0.717, 1.165) is 18.8 Å². The van der Waals surface area contributed by atoms with Crippen LogP contribution in [0.2, 0.25) is 0 Å². The van der Waals surface area contributed by atoms with Crippen molar-refractivity contribution < 1.29 is 0 Å². The molecule has 0 heterocycles. The van der Waals surface area contributed by atoms with Gasteiger partial charge in [-0.25, -0.2) is 0 Å². The number of hydrogen-bond donors (Lipinski definition) is 3. The zero-order valence-electron chi connectivity index (χ0n) is 7.49. The third kappa shape index (κ3) is 7.06.